The van der Waals surface area contributed by atoms with E-state index in [0.717, 1.165) is 44.0 Å². The van der Waals surface area contributed by atoms with E-state index in [9.17, 15) is 0 Å². The van der Waals surface area contributed by atoms with Gasteiger partial charge in [0.25, 0.3) is 0 Å². The lowest BCUT2D eigenvalue weighted by Crippen LogP contribution is -2.51. The van der Waals surface area contributed by atoms with Crippen molar-refractivity contribution in [1.29, 1.82) is 0 Å². The van der Waals surface area contributed by atoms with Crippen molar-refractivity contribution in [3.63, 3.8) is 0 Å². The molecule has 2 N–H and O–H groups in total. The summed E-state index contributed by atoms with van der Waals surface area (Å²) in [5, 5.41) is 0. The molecule has 21 heavy (non-hydrogen) atoms. The summed E-state index contributed by atoms with van der Waals surface area (Å²) in [6.07, 6.45) is 3.15. The van der Waals surface area contributed by atoms with Crippen LogP contribution in [0.2, 0.25) is 0 Å². The molecule has 1 saturated heterocycles. The maximum Gasteiger partial charge on any atom is 0.124 e. The van der Waals surface area contributed by atoms with Crippen LogP contribution in [0.4, 0.5) is 0 Å². The Morgan fingerprint density at radius 2 is 2.05 bits per heavy atom. The smallest absolute Gasteiger partial charge is 0.124 e. The van der Waals surface area contributed by atoms with Crippen molar-refractivity contribution in [3.05, 3.63) is 29.3 Å². The van der Waals surface area contributed by atoms with Crippen LogP contribution >= 0.6 is 0 Å². The Balaban J connectivity index is 1.73. The minimum absolute atomic E-state index is 0.0326. The standard InChI is InChI=1S/C18H28N2O/c1-13(2)12-20-8-6-18(7-9-20)11-16(19)15-10-14(3)4-5-17(15)21-18/h4-5,10,13,16H,6-9,11-12,19H2,1-3H3/t16-/m0/s1. The normalized spacial score (nSPS) is 24.9. The molecular weight excluding hydrogens is 260 g/mol. The van der Waals surface area contributed by atoms with E-state index >= 15 is 0 Å². The Bertz CT molecular complexity index is 504. The zero-order valence-electron chi connectivity index (χ0n) is 13.6. The third-order valence-corrected chi connectivity index (χ3v) is 4.87. The van der Waals surface area contributed by atoms with Crippen LogP contribution in [0.3, 0.4) is 0 Å². The molecule has 3 nitrogen and oxygen atoms in total. The lowest BCUT2D eigenvalue weighted by molar-refractivity contribution is -0.0236. The first-order valence-corrected chi connectivity index (χ1v) is 8.25. The Hall–Kier alpha value is -1.06. The van der Waals surface area contributed by atoms with Crippen LogP contribution in [-0.2, 0) is 0 Å². The second-order valence-corrected chi connectivity index (χ2v) is 7.33. The van der Waals surface area contributed by atoms with Crippen molar-refractivity contribution in [1.82, 2.24) is 4.90 Å². The van der Waals surface area contributed by atoms with Gasteiger partial charge in [0, 0.05) is 37.7 Å². The molecule has 0 bridgehead atoms. The van der Waals surface area contributed by atoms with Crippen LogP contribution in [0.1, 0.15) is 50.3 Å². The van der Waals surface area contributed by atoms with Gasteiger partial charge in [-0.3, -0.25) is 0 Å². The third kappa shape index (κ3) is 3.09. The first kappa shape index (κ1) is 14.9. The molecule has 1 atom stereocenters. The first-order valence-electron chi connectivity index (χ1n) is 8.25. The number of aryl methyl sites for hydroxylation is 1. The van der Waals surface area contributed by atoms with E-state index in [1.807, 2.05) is 0 Å². The average Bonchev–Trinajstić information content (AvgIpc) is 2.42. The highest BCUT2D eigenvalue weighted by Crippen LogP contribution is 2.43. The van der Waals surface area contributed by atoms with Gasteiger partial charge in [-0.25, -0.2) is 0 Å². The van der Waals surface area contributed by atoms with Gasteiger partial charge in [-0.1, -0.05) is 31.5 Å². The topological polar surface area (TPSA) is 38.5 Å². The molecule has 0 unspecified atom stereocenters. The molecule has 2 heterocycles. The van der Waals surface area contributed by atoms with Gasteiger partial charge in [0.15, 0.2) is 0 Å². The second kappa shape index (κ2) is 5.62. The van der Waals surface area contributed by atoms with Gasteiger partial charge in [-0.2, -0.15) is 0 Å². The Morgan fingerprint density at radius 1 is 1.33 bits per heavy atom. The lowest BCUT2D eigenvalue weighted by Gasteiger charge is -2.46. The molecule has 0 amide bonds. The largest absolute Gasteiger partial charge is 0.487 e. The number of piperidine rings is 1. The number of fused-ring (bicyclic) bond motifs is 1. The van der Waals surface area contributed by atoms with E-state index in [2.05, 4.69) is 43.9 Å². The number of likely N-dealkylation sites (tertiary alicyclic amines) is 1. The lowest BCUT2D eigenvalue weighted by atomic mass is 9.80. The molecule has 2 aliphatic heterocycles. The molecule has 3 heteroatoms. The Kier molecular flexibility index (Phi) is 3.98. The Labute approximate surface area is 128 Å². The van der Waals surface area contributed by atoms with Crippen molar-refractivity contribution in [2.24, 2.45) is 11.7 Å². The number of hydrogen-bond acceptors (Lipinski definition) is 3. The fourth-order valence-corrected chi connectivity index (χ4v) is 3.80. The van der Waals surface area contributed by atoms with Crippen molar-refractivity contribution >= 4 is 0 Å². The predicted molar refractivity (Wildman–Crippen MR) is 86.6 cm³/mol. The first-order chi connectivity index (χ1) is 9.97. The number of ether oxygens (including phenoxy) is 1. The van der Waals surface area contributed by atoms with E-state index in [4.69, 9.17) is 10.5 Å². The number of rotatable bonds is 2. The minimum atomic E-state index is -0.0326. The monoisotopic (exact) mass is 288 g/mol. The minimum Gasteiger partial charge on any atom is -0.487 e. The van der Waals surface area contributed by atoms with E-state index in [1.165, 1.54) is 17.7 Å². The molecule has 2 aliphatic rings. The van der Waals surface area contributed by atoms with Crippen molar-refractivity contribution in [2.45, 2.75) is 51.7 Å². The molecular formula is C18H28N2O. The SMILES string of the molecule is Cc1ccc2c(c1)[C@@H](N)CC1(CCN(CC(C)C)CC1)O2. The summed E-state index contributed by atoms with van der Waals surface area (Å²) >= 11 is 0. The van der Waals surface area contributed by atoms with Crippen LogP contribution in [0.5, 0.6) is 5.75 Å². The summed E-state index contributed by atoms with van der Waals surface area (Å²) in [5.41, 5.74) is 8.86. The van der Waals surface area contributed by atoms with Crippen molar-refractivity contribution < 1.29 is 4.74 Å². The van der Waals surface area contributed by atoms with Gasteiger partial charge in [0.1, 0.15) is 11.4 Å². The highest BCUT2D eigenvalue weighted by Gasteiger charge is 2.42. The number of nitrogens with zero attached hydrogens (tertiary/aromatic N) is 1. The summed E-state index contributed by atoms with van der Waals surface area (Å²) in [4.78, 5) is 2.56. The molecule has 0 saturated carbocycles. The summed E-state index contributed by atoms with van der Waals surface area (Å²) < 4.78 is 6.43. The summed E-state index contributed by atoms with van der Waals surface area (Å²) in [6, 6.07) is 6.52. The number of hydrogen-bond donors (Lipinski definition) is 1. The molecule has 1 aromatic carbocycles. The average molecular weight is 288 g/mol. The summed E-state index contributed by atoms with van der Waals surface area (Å²) in [7, 11) is 0. The van der Waals surface area contributed by atoms with E-state index in [-0.39, 0.29) is 11.6 Å². The van der Waals surface area contributed by atoms with Crippen molar-refractivity contribution in [3.8, 4) is 5.75 Å². The highest BCUT2D eigenvalue weighted by molar-refractivity contribution is 5.41. The van der Waals surface area contributed by atoms with Crippen LogP contribution < -0.4 is 10.5 Å². The molecule has 1 spiro atoms. The number of benzene rings is 1. The molecule has 0 aromatic heterocycles. The van der Waals surface area contributed by atoms with Gasteiger partial charge >= 0.3 is 0 Å². The van der Waals surface area contributed by atoms with Crippen LogP contribution in [0.15, 0.2) is 18.2 Å². The Morgan fingerprint density at radius 3 is 2.71 bits per heavy atom. The van der Waals surface area contributed by atoms with Gasteiger partial charge in [0.05, 0.1) is 0 Å². The second-order valence-electron chi connectivity index (χ2n) is 7.33. The molecule has 1 fully saturated rings. The summed E-state index contributed by atoms with van der Waals surface area (Å²) in [6.45, 7) is 10.1. The molecule has 116 valence electrons. The zero-order chi connectivity index (χ0) is 15.0. The van der Waals surface area contributed by atoms with Gasteiger partial charge in [0.2, 0.25) is 0 Å². The fourth-order valence-electron chi connectivity index (χ4n) is 3.80. The quantitative estimate of drug-likeness (QED) is 0.907. The third-order valence-electron chi connectivity index (χ3n) is 4.87. The van der Waals surface area contributed by atoms with Crippen molar-refractivity contribution in [2.75, 3.05) is 19.6 Å². The molecule has 1 aromatic rings. The van der Waals surface area contributed by atoms with Crippen LogP contribution in [0, 0.1) is 12.8 Å². The molecule has 3 rings (SSSR count). The van der Waals surface area contributed by atoms with Gasteiger partial charge < -0.3 is 15.4 Å². The van der Waals surface area contributed by atoms with Gasteiger partial charge in [-0.15, -0.1) is 0 Å². The summed E-state index contributed by atoms with van der Waals surface area (Å²) in [5.74, 6) is 1.74. The predicted octanol–water partition coefficient (Wildman–Crippen LogP) is 3.27. The van der Waals surface area contributed by atoms with Gasteiger partial charge in [-0.05, 0) is 31.7 Å². The molecule has 0 aliphatic carbocycles. The maximum absolute atomic E-state index is 6.44. The van der Waals surface area contributed by atoms with Crippen LogP contribution in [0.25, 0.3) is 0 Å². The highest BCUT2D eigenvalue weighted by atomic mass is 16.5. The number of nitrogens with two attached hydrogens (primary N) is 1. The maximum atomic E-state index is 6.44. The van der Waals surface area contributed by atoms with E-state index in [1.54, 1.807) is 0 Å². The molecule has 0 radical (unpaired) electrons. The fraction of sp³-hybridized carbons (Fsp3) is 0.667. The van der Waals surface area contributed by atoms with E-state index in [0.29, 0.717) is 0 Å². The van der Waals surface area contributed by atoms with Crippen LogP contribution in [-0.4, -0.2) is 30.1 Å². The van der Waals surface area contributed by atoms with E-state index < -0.39 is 0 Å². The zero-order valence-corrected chi connectivity index (χ0v) is 13.6.